The Balaban J connectivity index is 3.05. The Labute approximate surface area is 65.1 Å². The van der Waals surface area contributed by atoms with Crippen LogP contribution in [0.4, 0.5) is 0 Å². The quantitative estimate of drug-likeness (QED) is 0.529. The van der Waals surface area contributed by atoms with Gasteiger partial charge in [-0.15, -0.1) is 0 Å². The van der Waals surface area contributed by atoms with Crippen LogP contribution in [0.5, 0.6) is 11.5 Å². The molecule has 1 rings (SSSR count). The molecular weight excluding hydrogens is 142 g/mol. The summed E-state index contributed by atoms with van der Waals surface area (Å²) in [7, 11) is 0. The summed E-state index contributed by atoms with van der Waals surface area (Å²) in [6.45, 7) is 1.81. The third-order valence-corrected chi connectivity index (χ3v) is 1.53. The molecule has 1 aromatic carbocycles. The first-order valence-electron chi connectivity index (χ1n) is 3.38. The summed E-state index contributed by atoms with van der Waals surface area (Å²) >= 11 is 0. The Hall–Kier alpha value is -1.22. The van der Waals surface area contributed by atoms with Crippen molar-refractivity contribution in [2.45, 2.75) is 13.0 Å². The standard InChI is InChI=1S/C8H11NO2/c1-5(9)6-2-3-7(10)8(11)4-6/h2-5,10-11H,9H2,1H3/t5-/m1/s1. The van der Waals surface area contributed by atoms with Gasteiger partial charge in [-0.2, -0.15) is 0 Å². The Kier molecular flexibility index (Phi) is 2.01. The second-order valence-corrected chi connectivity index (χ2v) is 2.54. The zero-order chi connectivity index (χ0) is 8.43. The van der Waals surface area contributed by atoms with Crippen molar-refractivity contribution in [1.82, 2.24) is 0 Å². The maximum atomic E-state index is 9.04. The van der Waals surface area contributed by atoms with Gasteiger partial charge in [0, 0.05) is 6.04 Å². The molecule has 60 valence electrons. The molecule has 0 heterocycles. The fraction of sp³-hybridized carbons (Fsp3) is 0.250. The maximum absolute atomic E-state index is 9.04. The maximum Gasteiger partial charge on any atom is 0.157 e. The fourth-order valence-corrected chi connectivity index (χ4v) is 0.824. The first kappa shape index (κ1) is 7.88. The SMILES string of the molecule is C[C@@H](N)c1ccc(O)c(O)c1. The number of hydrogen-bond acceptors (Lipinski definition) is 3. The van der Waals surface area contributed by atoms with E-state index in [-0.39, 0.29) is 17.5 Å². The first-order chi connectivity index (χ1) is 5.11. The lowest BCUT2D eigenvalue weighted by molar-refractivity contribution is 0.403. The van der Waals surface area contributed by atoms with Gasteiger partial charge in [0.15, 0.2) is 11.5 Å². The van der Waals surface area contributed by atoms with Crippen LogP contribution in [0.15, 0.2) is 18.2 Å². The van der Waals surface area contributed by atoms with Crippen LogP contribution in [0.3, 0.4) is 0 Å². The molecule has 1 aromatic rings. The smallest absolute Gasteiger partial charge is 0.157 e. The minimum Gasteiger partial charge on any atom is -0.504 e. The van der Waals surface area contributed by atoms with Gasteiger partial charge in [-0.3, -0.25) is 0 Å². The molecule has 3 nitrogen and oxygen atoms in total. The van der Waals surface area contributed by atoms with E-state index in [1.807, 2.05) is 6.92 Å². The monoisotopic (exact) mass is 153 g/mol. The number of rotatable bonds is 1. The summed E-state index contributed by atoms with van der Waals surface area (Å²) in [4.78, 5) is 0. The van der Waals surface area contributed by atoms with Crippen LogP contribution in [0.1, 0.15) is 18.5 Å². The van der Waals surface area contributed by atoms with E-state index in [4.69, 9.17) is 15.9 Å². The van der Waals surface area contributed by atoms with E-state index >= 15 is 0 Å². The highest BCUT2D eigenvalue weighted by Crippen LogP contribution is 2.26. The molecule has 11 heavy (non-hydrogen) atoms. The lowest BCUT2D eigenvalue weighted by Gasteiger charge is -2.05. The van der Waals surface area contributed by atoms with Crippen molar-refractivity contribution in [3.05, 3.63) is 23.8 Å². The second-order valence-electron chi connectivity index (χ2n) is 2.54. The van der Waals surface area contributed by atoms with E-state index < -0.39 is 0 Å². The average molecular weight is 153 g/mol. The van der Waals surface area contributed by atoms with Gasteiger partial charge in [0.25, 0.3) is 0 Å². The van der Waals surface area contributed by atoms with Gasteiger partial charge < -0.3 is 15.9 Å². The summed E-state index contributed by atoms with van der Waals surface area (Å²) in [5, 5.41) is 18.0. The minimum absolute atomic E-state index is 0.116. The van der Waals surface area contributed by atoms with Crippen molar-refractivity contribution in [2.24, 2.45) is 5.73 Å². The molecular formula is C8H11NO2. The molecule has 0 unspecified atom stereocenters. The van der Waals surface area contributed by atoms with E-state index in [1.165, 1.54) is 12.1 Å². The Bertz CT molecular complexity index is 258. The van der Waals surface area contributed by atoms with Gasteiger partial charge in [-0.25, -0.2) is 0 Å². The highest BCUT2D eigenvalue weighted by molar-refractivity contribution is 5.41. The summed E-state index contributed by atoms with van der Waals surface area (Å²) in [5.74, 6) is -0.241. The molecule has 4 N–H and O–H groups in total. The molecule has 0 aromatic heterocycles. The van der Waals surface area contributed by atoms with Crippen molar-refractivity contribution in [1.29, 1.82) is 0 Å². The Morgan fingerprint density at radius 2 is 1.91 bits per heavy atom. The molecule has 3 heteroatoms. The average Bonchev–Trinajstić information content (AvgIpc) is 1.94. The lowest BCUT2D eigenvalue weighted by atomic mass is 10.1. The molecule has 0 fully saturated rings. The van der Waals surface area contributed by atoms with E-state index in [1.54, 1.807) is 6.07 Å². The number of phenolic OH excluding ortho intramolecular Hbond substituents is 2. The molecule has 1 atom stereocenters. The Morgan fingerprint density at radius 1 is 1.27 bits per heavy atom. The predicted molar refractivity (Wildman–Crippen MR) is 42.4 cm³/mol. The van der Waals surface area contributed by atoms with E-state index in [9.17, 15) is 0 Å². The van der Waals surface area contributed by atoms with E-state index in [2.05, 4.69) is 0 Å². The van der Waals surface area contributed by atoms with Crippen LogP contribution in [-0.4, -0.2) is 10.2 Å². The van der Waals surface area contributed by atoms with Gasteiger partial charge in [0.05, 0.1) is 0 Å². The van der Waals surface area contributed by atoms with E-state index in [0.29, 0.717) is 0 Å². The summed E-state index contributed by atoms with van der Waals surface area (Å²) in [6.07, 6.45) is 0. The highest BCUT2D eigenvalue weighted by Gasteiger charge is 2.02. The van der Waals surface area contributed by atoms with Gasteiger partial charge >= 0.3 is 0 Å². The largest absolute Gasteiger partial charge is 0.504 e. The zero-order valence-electron chi connectivity index (χ0n) is 6.28. The molecule has 0 amide bonds. The molecule has 0 spiro atoms. The third-order valence-electron chi connectivity index (χ3n) is 1.53. The van der Waals surface area contributed by atoms with Crippen LogP contribution in [0, 0.1) is 0 Å². The molecule has 0 bridgehead atoms. The van der Waals surface area contributed by atoms with Crippen LogP contribution in [0.25, 0.3) is 0 Å². The number of benzene rings is 1. The predicted octanol–water partition coefficient (Wildman–Crippen LogP) is 1.12. The van der Waals surface area contributed by atoms with Gasteiger partial charge in [-0.1, -0.05) is 6.07 Å². The van der Waals surface area contributed by atoms with Crippen molar-refractivity contribution in [2.75, 3.05) is 0 Å². The number of aromatic hydroxyl groups is 2. The normalized spacial score (nSPS) is 12.9. The second kappa shape index (κ2) is 2.80. The van der Waals surface area contributed by atoms with Crippen LogP contribution in [0.2, 0.25) is 0 Å². The Morgan fingerprint density at radius 3 is 2.36 bits per heavy atom. The third kappa shape index (κ3) is 1.62. The number of nitrogens with two attached hydrogens (primary N) is 1. The fourth-order valence-electron chi connectivity index (χ4n) is 0.824. The van der Waals surface area contributed by atoms with Gasteiger partial charge in [0.2, 0.25) is 0 Å². The van der Waals surface area contributed by atoms with Crippen molar-refractivity contribution in [3.8, 4) is 11.5 Å². The summed E-state index contributed by atoms with van der Waals surface area (Å²) in [6, 6.07) is 4.44. The highest BCUT2D eigenvalue weighted by atomic mass is 16.3. The molecule has 0 radical (unpaired) electrons. The molecule has 0 saturated carbocycles. The summed E-state index contributed by atoms with van der Waals surface area (Å²) in [5.41, 5.74) is 6.35. The van der Waals surface area contributed by atoms with Crippen molar-refractivity contribution in [3.63, 3.8) is 0 Å². The lowest BCUT2D eigenvalue weighted by Crippen LogP contribution is -2.04. The summed E-state index contributed by atoms with van der Waals surface area (Å²) < 4.78 is 0. The minimum atomic E-state index is -0.125. The van der Waals surface area contributed by atoms with E-state index in [0.717, 1.165) is 5.56 Å². The molecule has 0 aliphatic carbocycles. The van der Waals surface area contributed by atoms with Crippen molar-refractivity contribution >= 4 is 0 Å². The number of phenols is 2. The first-order valence-corrected chi connectivity index (χ1v) is 3.38. The van der Waals surface area contributed by atoms with Crippen LogP contribution < -0.4 is 5.73 Å². The number of hydrogen-bond donors (Lipinski definition) is 3. The zero-order valence-corrected chi connectivity index (χ0v) is 6.28. The molecule has 0 saturated heterocycles. The van der Waals surface area contributed by atoms with Crippen molar-refractivity contribution < 1.29 is 10.2 Å². The van der Waals surface area contributed by atoms with Crippen LogP contribution in [-0.2, 0) is 0 Å². The molecule has 0 aliphatic rings. The van der Waals surface area contributed by atoms with Crippen LogP contribution >= 0.6 is 0 Å². The van der Waals surface area contributed by atoms with Gasteiger partial charge in [0.1, 0.15) is 0 Å². The van der Waals surface area contributed by atoms with Gasteiger partial charge in [-0.05, 0) is 24.6 Å². The topological polar surface area (TPSA) is 66.5 Å². The molecule has 0 aliphatic heterocycles.